The van der Waals surface area contributed by atoms with E-state index in [4.69, 9.17) is 0 Å². The molecule has 2 aliphatic rings. The molecule has 0 amide bonds. The van der Waals surface area contributed by atoms with Gasteiger partial charge in [-0.3, -0.25) is 0 Å². The van der Waals surface area contributed by atoms with Crippen molar-refractivity contribution in [3.8, 4) is 0 Å². The van der Waals surface area contributed by atoms with Gasteiger partial charge in [0.05, 0.1) is 0 Å². The molecule has 1 spiro atoms. The van der Waals surface area contributed by atoms with Crippen LogP contribution >= 0.6 is 11.3 Å². The average Bonchev–Trinajstić information content (AvgIpc) is 3.01. The molecule has 0 bridgehead atoms. The Morgan fingerprint density at radius 3 is 2.65 bits per heavy atom. The smallest absolute Gasteiger partial charge is 0.106 e. The molecule has 0 radical (unpaired) electrons. The van der Waals surface area contributed by atoms with Crippen LogP contribution in [0.25, 0.3) is 0 Å². The Hall–Kier alpha value is -0.410. The van der Waals surface area contributed by atoms with Crippen molar-refractivity contribution in [1.82, 2.24) is 10.3 Å². The van der Waals surface area contributed by atoms with E-state index in [1.54, 1.807) is 11.3 Å². The molecule has 3 rings (SSSR count). The lowest BCUT2D eigenvalue weighted by molar-refractivity contribution is 0.168. The molecule has 0 unspecified atom stereocenters. The Labute approximate surface area is 108 Å². The summed E-state index contributed by atoms with van der Waals surface area (Å²) in [6, 6.07) is 0.741. The van der Waals surface area contributed by atoms with Crippen LogP contribution < -0.4 is 5.32 Å². The highest BCUT2D eigenvalue weighted by Gasteiger charge is 2.37. The number of nitrogens with one attached hydrogen (secondary N) is 1. The Morgan fingerprint density at radius 2 is 2.00 bits per heavy atom. The van der Waals surface area contributed by atoms with E-state index in [9.17, 15) is 0 Å². The van der Waals surface area contributed by atoms with Crippen LogP contribution in [-0.4, -0.2) is 11.0 Å². The molecule has 0 atom stereocenters. The summed E-state index contributed by atoms with van der Waals surface area (Å²) in [7, 11) is 0. The normalized spacial score (nSPS) is 24.5. The summed E-state index contributed by atoms with van der Waals surface area (Å²) in [5.74, 6) is 0. The second-order valence-corrected chi connectivity index (χ2v) is 6.77. The van der Waals surface area contributed by atoms with E-state index in [1.165, 1.54) is 56.4 Å². The van der Waals surface area contributed by atoms with Gasteiger partial charge in [0.2, 0.25) is 0 Å². The van der Waals surface area contributed by atoms with E-state index in [2.05, 4.69) is 15.7 Å². The summed E-state index contributed by atoms with van der Waals surface area (Å²) in [5.41, 5.74) is 0.763. The summed E-state index contributed by atoms with van der Waals surface area (Å²) in [6.07, 6.45) is 13.6. The number of thiazole rings is 1. The van der Waals surface area contributed by atoms with E-state index in [0.717, 1.165) is 18.0 Å². The van der Waals surface area contributed by atoms with Gasteiger partial charge in [-0.25, -0.2) is 4.98 Å². The highest BCUT2D eigenvalue weighted by Crippen LogP contribution is 2.48. The number of hydrogen-bond acceptors (Lipinski definition) is 3. The highest BCUT2D eigenvalue weighted by molar-refractivity contribution is 7.09. The quantitative estimate of drug-likeness (QED) is 0.884. The summed E-state index contributed by atoms with van der Waals surface area (Å²) in [5, 5.41) is 6.97. The first-order valence-corrected chi connectivity index (χ1v) is 7.86. The predicted molar refractivity (Wildman–Crippen MR) is 72.1 cm³/mol. The lowest BCUT2D eigenvalue weighted by Crippen LogP contribution is -2.36. The lowest BCUT2D eigenvalue weighted by atomic mass is 9.71. The number of nitrogens with zero attached hydrogens (tertiary/aromatic N) is 1. The minimum absolute atomic E-state index is 0.741. The topological polar surface area (TPSA) is 24.9 Å². The van der Waals surface area contributed by atoms with Gasteiger partial charge in [0, 0.05) is 24.2 Å². The average molecular weight is 250 g/mol. The SMILES string of the molecule is c1csc(CNC2CCC3(CCCC3)CC2)n1. The van der Waals surface area contributed by atoms with Gasteiger partial charge in [-0.15, -0.1) is 11.3 Å². The third-order valence-electron chi connectivity index (χ3n) is 4.74. The molecule has 0 aromatic carbocycles. The zero-order valence-corrected chi connectivity index (χ0v) is 11.3. The molecule has 1 N–H and O–H groups in total. The standard InChI is InChI=1S/C14H22N2S/c1-2-6-14(5-1)7-3-12(4-8-14)16-11-13-15-9-10-17-13/h9-10,12,16H,1-8,11H2. The van der Waals surface area contributed by atoms with Crippen LogP contribution in [0.2, 0.25) is 0 Å². The molecule has 1 aromatic heterocycles. The van der Waals surface area contributed by atoms with Gasteiger partial charge in [0.15, 0.2) is 0 Å². The Kier molecular flexibility index (Phi) is 3.48. The van der Waals surface area contributed by atoms with Crippen molar-refractivity contribution in [2.24, 2.45) is 5.41 Å². The van der Waals surface area contributed by atoms with Gasteiger partial charge in [-0.1, -0.05) is 12.8 Å². The summed E-state index contributed by atoms with van der Waals surface area (Å²) >= 11 is 1.76. The van der Waals surface area contributed by atoms with Crippen LogP contribution in [0.3, 0.4) is 0 Å². The first-order chi connectivity index (χ1) is 8.36. The van der Waals surface area contributed by atoms with Crippen LogP contribution in [0.15, 0.2) is 11.6 Å². The summed E-state index contributed by atoms with van der Waals surface area (Å²) in [6.45, 7) is 0.968. The molecule has 2 fully saturated rings. The molecular formula is C14H22N2S. The molecule has 1 aromatic rings. The van der Waals surface area contributed by atoms with Crippen molar-refractivity contribution in [1.29, 1.82) is 0 Å². The highest BCUT2D eigenvalue weighted by atomic mass is 32.1. The van der Waals surface area contributed by atoms with E-state index >= 15 is 0 Å². The van der Waals surface area contributed by atoms with Crippen molar-refractivity contribution in [2.45, 2.75) is 64.0 Å². The second-order valence-electron chi connectivity index (χ2n) is 5.79. The van der Waals surface area contributed by atoms with E-state index in [0.29, 0.717) is 0 Å². The van der Waals surface area contributed by atoms with Gasteiger partial charge in [-0.2, -0.15) is 0 Å². The molecular weight excluding hydrogens is 228 g/mol. The predicted octanol–water partition coefficient (Wildman–Crippen LogP) is 3.74. The fourth-order valence-electron chi connectivity index (χ4n) is 3.63. The molecule has 94 valence electrons. The number of hydrogen-bond donors (Lipinski definition) is 1. The van der Waals surface area contributed by atoms with Gasteiger partial charge in [0.1, 0.15) is 5.01 Å². The van der Waals surface area contributed by atoms with Gasteiger partial charge >= 0.3 is 0 Å². The zero-order chi connectivity index (χ0) is 11.6. The van der Waals surface area contributed by atoms with E-state index in [1.807, 2.05) is 6.20 Å². The molecule has 3 heteroatoms. The van der Waals surface area contributed by atoms with Gasteiger partial charge < -0.3 is 5.32 Å². The molecule has 2 aliphatic carbocycles. The van der Waals surface area contributed by atoms with Crippen LogP contribution in [0, 0.1) is 5.41 Å². The molecule has 17 heavy (non-hydrogen) atoms. The Morgan fingerprint density at radius 1 is 1.24 bits per heavy atom. The second kappa shape index (κ2) is 5.07. The third kappa shape index (κ3) is 2.71. The lowest BCUT2D eigenvalue weighted by Gasteiger charge is -2.37. The minimum atomic E-state index is 0.741. The summed E-state index contributed by atoms with van der Waals surface area (Å²) < 4.78 is 0. The third-order valence-corrected chi connectivity index (χ3v) is 5.52. The molecule has 1 heterocycles. The van der Waals surface area contributed by atoms with Crippen molar-refractivity contribution in [3.63, 3.8) is 0 Å². The first-order valence-electron chi connectivity index (χ1n) is 6.98. The minimum Gasteiger partial charge on any atom is -0.308 e. The molecule has 0 aliphatic heterocycles. The Balaban J connectivity index is 1.45. The maximum Gasteiger partial charge on any atom is 0.106 e. The maximum absolute atomic E-state index is 4.33. The number of rotatable bonds is 3. The fourth-order valence-corrected chi connectivity index (χ4v) is 4.20. The van der Waals surface area contributed by atoms with Crippen molar-refractivity contribution in [3.05, 3.63) is 16.6 Å². The van der Waals surface area contributed by atoms with Crippen LogP contribution in [0.1, 0.15) is 56.4 Å². The van der Waals surface area contributed by atoms with E-state index < -0.39 is 0 Å². The van der Waals surface area contributed by atoms with Crippen LogP contribution in [-0.2, 0) is 6.54 Å². The zero-order valence-electron chi connectivity index (χ0n) is 10.5. The summed E-state index contributed by atoms with van der Waals surface area (Å²) in [4.78, 5) is 4.33. The molecule has 0 saturated heterocycles. The van der Waals surface area contributed by atoms with Crippen LogP contribution in [0.5, 0.6) is 0 Å². The maximum atomic E-state index is 4.33. The van der Waals surface area contributed by atoms with Gasteiger partial charge in [0.25, 0.3) is 0 Å². The molecule has 2 saturated carbocycles. The van der Waals surface area contributed by atoms with E-state index in [-0.39, 0.29) is 0 Å². The molecule has 2 nitrogen and oxygen atoms in total. The fraction of sp³-hybridized carbons (Fsp3) is 0.786. The van der Waals surface area contributed by atoms with Crippen molar-refractivity contribution < 1.29 is 0 Å². The first kappa shape index (κ1) is 11.7. The Bertz CT molecular complexity index is 331. The largest absolute Gasteiger partial charge is 0.308 e. The monoisotopic (exact) mass is 250 g/mol. The van der Waals surface area contributed by atoms with Gasteiger partial charge in [-0.05, 0) is 43.9 Å². The number of aromatic nitrogens is 1. The van der Waals surface area contributed by atoms with Crippen molar-refractivity contribution in [2.75, 3.05) is 0 Å². The van der Waals surface area contributed by atoms with Crippen LogP contribution in [0.4, 0.5) is 0 Å². The van der Waals surface area contributed by atoms with Crippen molar-refractivity contribution >= 4 is 11.3 Å².